The molecule has 7 heteroatoms. The zero-order valence-electron chi connectivity index (χ0n) is 17.1. The van der Waals surface area contributed by atoms with Crippen LogP contribution < -0.4 is 4.90 Å². The standard InChI is InChI=1S/C23H26N2O5/c1-16-5-7-17(8-6-16)20-19(21(26)18-4-2-13-30-18)22(27)23(28)25(20)10-3-9-24-11-14-29-15-12-24/h2,4-8,13,19-20H,3,9-12,14-15H2,1H3/p+1. The first-order valence-electron chi connectivity index (χ1n) is 10.5. The second kappa shape index (κ2) is 8.93. The molecule has 4 rings (SSSR count). The molecule has 0 saturated carbocycles. The van der Waals surface area contributed by atoms with Crippen LogP contribution in [-0.2, 0) is 14.3 Å². The molecule has 1 aromatic heterocycles. The highest BCUT2D eigenvalue weighted by atomic mass is 16.5. The maximum atomic E-state index is 13.1. The number of morpholine rings is 1. The highest BCUT2D eigenvalue weighted by Gasteiger charge is 2.52. The Bertz CT molecular complexity index is 900. The van der Waals surface area contributed by atoms with Crippen LogP contribution in [0.1, 0.15) is 34.1 Å². The van der Waals surface area contributed by atoms with Gasteiger partial charge in [0.1, 0.15) is 19.0 Å². The van der Waals surface area contributed by atoms with Crippen molar-refractivity contribution in [3.05, 3.63) is 59.5 Å². The van der Waals surface area contributed by atoms with Gasteiger partial charge in [-0.1, -0.05) is 29.8 Å². The van der Waals surface area contributed by atoms with Crippen LogP contribution in [0.4, 0.5) is 0 Å². The second-order valence-corrected chi connectivity index (χ2v) is 8.00. The van der Waals surface area contributed by atoms with Crippen LogP contribution >= 0.6 is 0 Å². The van der Waals surface area contributed by atoms with Crippen LogP contribution in [0.15, 0.2) is 47.1 Å². The van der Waals surface area contributed by atoms with Crippen LogP contribution in [-0.4, -0.2) is 61.8 Å². The number of carbonyl (C=O) groups is 3. The van der Waals surface area contributed by atoms with Gasteiger partial charge in [0.05, 0.1) is 32.1 Å². The molecule has 0 aliphatic carbocycles. The molecule has 2 aliphatic rings. The lowest BCUT2D eigenvalue weighted by molar-refractivity contribution is -0.908. The molecule has 2 fully saturated rings. The minimum atomic E-state index is -1.08. The zero-order chi connectivity index (χ0) is 21.1. The number of carbonyl (C=O) groups excluding carboxylic acids is 3. The van der Waals surface area contributed by atoms with E-state index in [-0.39, 0.29) is 5.76 Å². The summed E-state index contributed by atoms with van der Waals surface area (Å²) >= 11 is 0. The van der Waals surface area contributed by atoms with Gasteiger partial charge < -0.3 is 19.0 Å². The SMILES string of the molecule is Cc1ccc(C2C(C(=O)c3ccco3)C(=O)C(=O)N2CCC[NH+]2CCOCC2)cc1. The van der Waals surface area contributed by atoms with E-state index in [1.54, 1.807) is 11.0 Å². The number of nitrogens with one attached hydrogen (secondary N) is 1. The second-order valence-electron chi connectivity index (χ2n) is 8.00. The number of nitrogens with zero attached hydrogens (tertiary/aromatic N) is 1. The zero-order valence-corrected chi connectivity index (χ0v) is 17.1. The molecule has 0 radical (unpaired) electrons. The summed E-state index contributed by atoms with van der Waals surface area (Å²) in [5, 5.41) is 0. The van der Waals surface area contributed by atoms with Crippen molar-refractivity contribution in [1.82, 2.24) is 4.90 Å². The van der Waals surface area contributed by atoms with E-state index >= 15 is 0 Å². The van der Waals surface area contributed by atoms with E-state index in [0.29, 0.717) is 6.54 Å². The molecule has 30 heavy (non-hydrogen) atoms. The number of ether oxygens (including phenoxy) is 1. The van der Waals surface area contributed by atoms with Crippen molar-refractivity contribution in [3.63, 3.8) is 0 Å². The van der Waals surface area contributed by atoms with Crippen LogP contribution in [0, 0.1) is 12.8 Å². The monoisotopic (exact) mass is 411 g/mol. The lowest BCUT2D eigenvalue weighted by Gasteiger charge is -2.28. The molecule has 2 unspecified atom stereocenters. The molecule has 2 aromatic rings. The van der Waals surface area contributed by atoms with Gasteiger partial charge in [-0.3, -0.25) is 14.4 Å². The number of quaternary nitrogens is 1. The molecule has 0 spiro atoms. The third-order valence-electron chi connectivity index (χ3n) is 6.00. The van der Waals surface area contributed by atoms with E-state index in [1.165, 1.54) is 17.2 Å². The van der Waals surface area contributed by atoms with Gasteiger partial charge in [0, 0.05) is 13.0 Å². The maximum Gasteiger partial charge on any atom is 0.291 e. The van der Waals surface area contributed by atoms with Gasteiger partial charge in [0.25, 0.3) is 5.91 Å². The van der Waals surface area contributed by atoms with Gasteiger partial charge in [0.2, 0.25) is 11.6 Å². The molecular formula is C23H27N2O5+. The Balaban J connectivity index is 1.58. The lowest BCUT2D eigenvalue weighted by atomic mass is 9.88. The molecule has 1 aromatic carbocycles. The Hall–Kier alpha value is -2.77. The number of hydrogen-bond acceptors (Lipinski definition) is 5. The summed E-state index contributed by atoms with van der Waals surface area (Å²) in [5.41, 5.74) is 1.87. The Morgan fingerprint density at radius 2 is 1.87 bits per heavy atom. The number of benzene rings is 1. The molecule has 2 aliphatic heterocycles. The van der Waals surface area contributed by atoms with E-state index in [0.717, 1.165) is 50.4 Å². The molecule has 3 heterocycles. The van der Waals surface area contributed by atoms with Crippen molar-refractivity contribution in [2.45, 2.75) is 19.4 Å². The van der Waals surface area contributed by atoms with E-state index in [9.17, 15) is 14.4 Å². The van der Waals surface area contributed by atoms with Crippen LogP contribution in [0.5, 0.6) is 0 Å². The van der Waals surface area contributed by atoms with Crippen LogP contribution in [0.3, 0.4) is 0 Å². The molecule has 7 nitrogen and oxygen atoms in total. The smallest absolute Gasteiger partial charge is 0.291 e. The molecule has 1 amide bonds. The molecule has 1 N–H and O–H groups in total. The van der Waals surface area contributed by atoms with Crippen molar-refractivity contribution in [2.75, 3.05) is 39.4 Å². The summed E-state index contributed by atoms with van der Waals surface area (Å²) in [5.74, 6) is -2.65. The average molecular weight is 411 g/mol. The highest BCUT2D eigenvalue weighted by Crippen LogP contribution is 2.38. The van der Waals surface area contributed by atoms with Gasteiger partial charge in [-0.25, -0.2) is 0 Å². The van der Waals surface area contributed by atoms with E-state index < -0.39 is 29.4 Å². The summed E-state index contributed by atoms with van der Waals surface area (Å²) in [7, 11) is 0. The van der Waals surface area contributed by atoms with Crippen molar-refractivity contribution in [2.24, 2.45) is 5.92 Å². The number of furan rings is 1. The van der Waals surface area contributed by atoms with Crippen molar-refractivity contribution >= 4 is 17.5 Å². The van der Waals surface area contributed by atoms with Crippen LogP contribution in [0.2, 0.25) is 0 Å². The number of likely N-dealkylation sites (tertiary alicyclic amines) is 1. The summed E-state index contributed by atoms with van der Waals surface area (Å²) in [4.78, 5) is 41.9. The Morgan fingerprint density at radius 1 is 1.13 bits per heavy atom. The quantitative estimate of drug-likeness (QED) is 0.415. The Kier molecular flexibility index (Phi) is 6.11. The van der Waals surface area contributed by atoms with Gasteiger partial charge in [-0.15, -0.1) is 0 Å². The minimum Gasteiger partial charge on any atom is -0.461 e. The van der Waals surface area contributed by atoms with Gasteiger partial charge in [-0.2, -0.15) is 0 Å². The Morgan fingerprint density at radius 3 is 2.53 bits per heavy atom. The first-order chi connectivity index (χ1) is 14.6. The third kappa shape index (κ3) is 4.08. The molecule has 158 valence electrons. The van der Waals surface area contributed by atoms with Gasteiger partial charge in [0.15, 0.2) is 5.76 Å². The highest BCUT2D eigenvalue weighted by molar-refractivity contribution is 6.43. The molecule has 2 saturated heterocycles. The van der Waals surface area contributed by atoms with Crippen LogP contribution in [0.25, 0.3) is 0 Å². The van der Waals surface area contributed by atoms with Gasteiger partial charge >= 0.3 is 0 Å². The van der Waals surface area contributed by atoms with E-state index in [1.807, 2.05) is 31.2 Å². The van der Waals surface area contributed by atoms with Gasteiger partial charge in [-0.05, 0) is 24.6 Å². The van der Waals surface area contributed by atoms with E-state index in [4.69, 9.17) is 9.15 Å². The number of amides is 1. The Labute approximate surface area is 175 Å². The predicted molar refractivity (Wildman–Crippen MR) is 108 cm³/mol. The third-order valence-corrected chi connectivity index (χ3v) is 6.00. The summed E-state index contributed by atoms with van der Waals surface area (Å²) in [6, 6.07) is 10.2. The topological polar surface area (TPSA) is 81.3 Å². The number of ketones is 2. The average Bonchev–Trinajstić information content (AvgIpc) is 3.38. The number of rotatable bonds is 7. The van der Waals surface area contributed by atoms with E-state index in [2.05, 4.69) is 0 Å². The number of hydrogen-bond donors (Lipinski definition) is 1. The summed E-state index contributed by atoms with van der Waals surface area (Å²) in [6.45, 7) is 6.73. The largest absolute Gasteiger partial charge is 0.461 e. The van der Waals surface area contributed by atoms with Crippen molar-refractivity contribution < 1.29 is 28.4 Å². The molecule has 2 atom stereocenters. The fourth-order valence-corrected chi connectivity index (χ4v) is 4.34. The summed E-state index contributed by atoms with van der Waals surface area (Å²) in [6.07, 6.45) is 2.16. The predicted octanol–water partition coefficient (Wildman–Crippen LogP) is 0.845. The lowest BCUT2D eigenvalue weighted by Crippen LogP contribution is -3.14. The number of Topliss-reactive ketones (excluding diaryl/α,β-unsaturated/α-hetero) is 2. The van der Waals surface area contributed by atoms with Crippen molar-refractivity contribution in [1.29, 1.82) is 0 Å². The fraction of sp³-hybridized carbons (Fsp3) is 0.435. The molecular weight excluding hydrogens is 384 g/mol. The minimum absolute atomic E-state index is 0.109. The summed E-state index contributed by atoms with van der Waals surface area (Å²) < 4.78 is 10.6. The van der Waals surface area contributed by atoms with Crippen molar-refractivity contribution in [3.8, 4) is 0 Å². The normalized spacial score (nSPS) is 22.6. The first-order valence-corrected chi connectivity index (χ1v) is 10.5. The number of aryl methyl sites for hydroxylation is 1. The fourth-order valence-electron chi connectivity index (χ4n) is 4.34. The molecule has 0 bridgehead atoms. The first kappa shape index (κ1) is 20.5. The maximum absolute atomic E-state index is 13.1.